The van der Waals surface area contributed by atoms with E-state index in [2.05, 4.69) is 20.2 Å². The third-order valence-electron chi connectivity index (χ3n) is 6.36. The van der Waals surface area contributed by atoms with Crippen LogP contribution >= 0.6 is 23.2 Å². The van der Waals surface area contributed by atoms with E-state index in [0.29, 0.717) is 64.6 Å². The van der Waals surface area contributed by atoms with E-state index in [4.69, 9.17) is 32.1 Å². The minimum absolute atomic E-state index is 0.00836. The highest BCUT2D eigenvalue weighted by Gasteiger charge is 2.23. The molecule has 4 aromatic rings. The molecule has 1 fully saturated rings. The highest BCUT2D eigenvalue weighted by atomic mass is 35.5. The number of benzene rings is 2. The molecular weight excluding hydrogens is 565 g/mol. The SMILES string of the molecule is CCOS(=O)(=O)n1cc(-c2nc(Nc3cc(Cl)c(N4CCC(=O)CC4)cc3OC)ncc2Cl)c2ccccc21. The predicted octanol–water partition coefficient (Wildman–Crippen LogP) is 5.46. The van der Waals surface area contributed by atoms with Gasteiger partial charge in [0.15, 0.2) is 0 Å². The van der Waals surface area contributed by atoms with Crippen LogP contribution in [0, 0.1) is 0 Å². The van der Waals surface area contributed by atoms with Crippen LogP contribution < -0.4 is 15.0 Å². The first kappa shape index (κ1) is 27.2. The molecule has 2 aromatic heterocycles. The molecule has 204 valence electrons. The Morgan fingerprint density at radius 1 is 1.10 bits per heavy atom. The second-order valence-corrected chi connectivity index (χ2v) is 11.1. The number of ketones is 1. The predicted molar refractivity (Wildman–Crippen MR) is 152 cm³/mol. The largest absolute Gasteiger partial charge is 0.494 e. The summed E-state index contributed by atoms with van der Waals surface area (Å²) in [6.45, 7) is 2.77. The maximum atomic E-state index is 12.8. The van der Waals surface area contributed by atoms with Crippen molar-refractivity contribution in [3.63, 3.8) is 0 Å². The van der Waals surface area contributed by atoms with E-state index < -0.39 is 10.3 Å². The molecule has 13 heteroatoms. The smallest absolute Gasteiger partial charge is 0.366 e. The minimum Gasteiger partial charge on any atom is -0.494 e. The molecule has 10 nitrogen and oxygen atoms in total. The van der Waals surface area contributed by atoms with Gasteiger partial charge in [-0.05, 0) is 19.1 Å². The van der Waals surface area contributed by atoms with E-state index in [1.807, 2.05) is 6.07 Å². The molecule has 0 radical (unpaired) electrons. The molecular formula is C26H25Cl2N5O5S. The summed E-state index contributed by atoms with van der Waals surface area (Å²) in [7, 11) is -2.52. The highest BCUT2D eigenvalue weighted by molar-refractivity contribution is 7.85. The molecule has 1 aliphatic rings. The number of methoxy groups -OCH3 is 1. The molecule has 0 spiro atoms. The Morgan fingerprint density at radius 3 is 2.56 bits per heavy atom. The van der Waals surface area contributed by atoms with Crippen LogP contribution in [0.15, 0.2) is 48.8 Å². The lowest BCUT2D eigenvalue weighted by Crippen LogP contribution is -2.33. The van der Waals surface area contributed by atoms with Gasteiger partial charge in [-0.25, -0.2) is 13.9 Å². The third-order valence-corrected chi connectivity index (χ3v) is 8.26. The standard InChI is InChI=1S/C26H25Cl2N5O5S/c1-3-38-39(35,36)33-15-18(17-6-4-5-7-22(17)33)25-20(28)14-29-26(31-25)30-21-12-19(27)23(13-24(21)37-2)32-10-8-16(34)9-11-32/h4-7,12-15H,3,8-11H2,1-2H3,(H,29,30,31). The summed E-state index contributed by atoms with van der Waals surface area (Å²) in [5, 5.41) is 4.47. The molecule has 0 atom stereocenters. The van der Waals surface area contributed by atoms with Crippen LogP contribution in [0.3, 0.4) is 0 Å². The Bertz CT molecular complexity index is 1670. The molecule has 0 unspecified atom stereocenters. The van der Waals surface area contributed by atoms with Gasteiger partial charge in [0.05, 0.1) is 52.5 Å². The normalized spacial score (nSPS) is 14.2. The second kappa shape index (κ2) is 11.0. The zero-order valence-electron chi connectivity index (χ0n) is 21.1. The molecule has 1 aliphatic heterocycles. The summed E-state index contributed by atoms with van der Waals surface area (Å²) in [6.07, 6.45) is 3.82. The Balaban J connectivity index is 1.53. The number of carbonyl (C=O) groups excluding carboxylic acids is 1. The van der Waals surface area contributed by atoms with Gasteiger partial charge in [-0.3, -0.25) is 8.98 Å². The summed E-state index contributed by atoms with van der Waals surface area (Å²) < 4.78 is 37.2. The summed E-state index contributed by atoms with van der Waals surface area (Å²) in [5.41, 5.74) is 2.54. The number of nitrogens with zero attached hydrogens (tertiary/aromatic N) is 4. The number of rotatable bonds is 8. The number of aromatic nitrogens is 3. The van der Waals surface area contributed by atoms with E-state index in [-0.39, 0.29) is 23.4 Å². The Morgan fingerprint density at radius 2 is 1.85 bits per heavy atom. The van der Waals surface area contributed by atoms with Crippen molar-refractivity contribution < 1.29 is 22.1 Å². The second-order valence-electron chi connectivity index (χ2n) is 8.76. The van der Waals surface area contributed by atoms with Gasteiger partial charge in [-0.15, -0.1) is 0 Å². The van der Waals surface area contributed by atoms with Crippen LogP contribution in [0.25, 0.3) is 22.2 Å². The summed E-state index contributed by atoms with van der Waals surface area (Å²) in [5.74, 6) is 0.942. The van der Waals surface area contributed by atoms with Gasteiger partial charge in [-0.2, -0.15) is 8.42 Å². The fraction of sp³-hybridized carbons (Fsp3) is 0.269. The summed E-state index contributed by atoms with van der Waals surface area (Å²) in [6, 6.07) is 10.5. The lowest BCUT2D eigenvalue weighted by atomic mass is 10.1. The molecule has 5 rings (SSSR count). The first-order valence-electron chi connectivity index (χ1n) is 12.2. The Hall–Kier alpha value is -3.38. The zero-order chi connectivity index (χ0) is 27.7. The van der Waals surface area contributed by atoms with Crippen molar-refractivity contribution >= 4 is 67.5 Å². The van der Waals surface area contributed by atoms with Gasteiger partial charge < -0.3 is 15.0 Å². The minimum atomic E-state index is -4.07. The zero-order valence-corrected chi connectivity index (χ0v) is 23.5. The third kappa shape index (κ3) is 5.40. The van der Waals surface area contributed by atoms with Crippen LogP contribution in [-0.2, 0) is 19.3 Å². The van der Waals surface area contributed by atoms with Crippen LogP contribution in [0.1, 0.15) is 19.8 Å². The molecule has 3 heterocycles. The maximum absolute atomic E-state index is 12.8. The quantitative estimate of drug-likeness (QED) is 0.286. The van der Waals surface area contributed by atoms with Gasteiger partial charge in [0.1, 0.15) is 11.5 Å². The molecule has 0 aliphatic carbocycles. The maximum Gasteiger partial charge on any atom is 0.366 e. The number of halogens is 2. The van der Waals surface area contributed by atoms with Crippen LogP contribution in [0.4, 0.5) is 17.3 Å². The molecule has 0 amide bonds. The lowest BCUT2D eigenvalue weighted by molar-refractivity contribution is -0.119. The molecule has 0 bridgehead atoms. The monoisotopic (exact) mass is 589 g/mol. The average molecular weight is 590 g/mol. The number of fused-ring (bicyclic) bond motifs is 1. The van der Waals surface area contributed by atoms with E-state index in [9.17, 15) is 13.2 Å². The van der Waals surface area contributed by atoms with Gasteiger partial charge in [-0.1, -0.05) is 41.4 Å². The lowest BCUT2D eigenvalue weighted by Gasteiger charge is -2.29. The number of ether oxygens (including phenoxy) is 1. The molecule has 0 saturated carbocycles. The molecule has 1 saturated heterocycles. The Kier molecular flexibility index (Phi) is 7.68. The van der Waals surface area contributed by atoms with Gasteiger partial charge in [0, 0.05) is 49.1 Å². The first-order valence-corrected chi connectivity index (χ1v) is 14.3. The van der Waals surface area contributed by atoms with Crippen molar-refractivity contribution in [3.05, 3.63) is 58.8 Å². The van der Waals surface area contributed by atoms with Crippen molar-refractivity contribution in [1.29, 1.82) is 0 Å². The summed E-state index contributed by atoms with van der Waals surface area (Å²) >= 11 is 13.1. The van der Waals surface area contributed by atoms with Crippen LogP contribution in [0.2, 0.25) is 10.0 Å². The van der Waals surface area contributed by atoms with Crippen molar-refractivity contribution in [1.82, 2.24) is 13.9 Å². The molecule has 39 heavy (non-hydrogen) atoms. The van der Waals surface area contributed by atoms with E-state index in [0.717, 1.165) is 9.66 Å². The number of Topliss-reactive ketones (excluding diaryl/α,β-unsaturated/α-hetero) is 1. The fourth-order valence-corrected chi connectivity index (χ4v) is 6.04. The first-order chi connectivity index (χ1) is 18.7. The number of anilines is 3. The Labute approximate surface area is 235 Å². The van der Waals surface area contributed by atoms with Crippen molar-refractivity contribution in [2.75, 3.05) is 37.0 Å². The van der Waals surface area contributed by atoms with Gasteiger partial charge >= 0.3 is 10.3 Å². The van der Waals surface area contributed by atoms with E-state index >= 15 is 0 Å². The van der Waals surface area contributed by atoms with Gasteiger partial charge in [0.2, 0.25) is 5.95 Å². The van der Waals surface area contributed by atoms with Crippen molar-refractivity contribution in [2.24, 2.45) is 0 Å². The number of piperidine rings is 1. The number of nitrogens with one attached hydrogen (secondary N) is 1. The topological polar surface area (TPSA) is 116 Å². The van der Waals surface area contributed by atoms with E-state index in [1.54, 1.807) is 44.4 Å². The fourth-order valence-electron chi connectivity index (χ4n) is 4.51. The molecule has 2 aromatic carbocycles. The van der Waals surface area contributed by atoms with Crippen LogP contribution in [-0.4, -0.2) is 54.9 Å². The van der Waals surface area contributed by atoms with Gasteiger partial charge in [0.25, 0.3) is 0 Å². The average Bonchev–Trinajstić information content (AvgIpc) is 3.31. The van der Waals surface area contributed by atoms with Crippen molar-refractivity contribution in [3.8, 4) is 17.0 Å². The molecule has 1 N–H and O–H groups in total. The highest BCUT2D eigenvalue weighted by Crippen LogP contribution is 2.39. The number of hydrogen-bond acceptors (Lipinski definition) is 9. The van der Waals surface area contributed by atoms with Crippen molar-refractivity contribution in [2.45, 2.75) is 19.8 Å². The number of para-hydroxylation sites is 1. The summed E-state index contributed by atoms with van der Waals surface area (Å²) in [4.78, 5) is 22.6. The van der Waals surface area contributed by atoms with Crippen LogP contribution in [0.5, 0.6) is 5.75 Å². The van der Waals surface area contributed by atoms with E-state index in [1.165, 1.54) is 12.4 Å². The number of hydrogen-bond donors (Lipinski definition) is 1. The number of carbonyl (C=O) groups is 1.